The van der Waals surface area contributed by atoms with Crippen molar-refractivity contribution < 1.29 is 4.74 Å². The number of rotatable bonds is 3. The van der Waals surface area contributed by atoms with Gasteiger partial charge in [-0.1, -0.05) is 0 Å². The Hall–Kier alpha value is 1.12. The van der Waals surface area contributed by atoms with Gasteiger partial charge in [0.25, 0.3) is 0 Å². The third-order valence-electron chi connectivity index (χ3n) is 0.426. The molecule has 0 spiro atoms. The quantitative estimate of drug-likeness (QED) is 0.489. The molecular formula is C4H12ClInO. The van der Waals surface area contributed by atoms with Crippen LogP contribution < -0.4 is 0 Å². The van der Waals surface area contributed by atoms with E-state index in [1.807, 2.05) is 6.92 Å². The van der Waals surface area contributed by atoms with Crippen molar-refractivity contribution >= 4 is 37.4 Å². The summed E-state index contributed by atoms with van der Waals surface area (Å²) in [7, 11) is 0. The van der Waals surface area contributed by atoms with Gasteiger partial charge in [-0.3, -0.25) is 0 Å². The standard InChI is InChI=1S/C4H9ClO.In.3H/c1-2-6-4-3-5;;;;/h2-4H2,1H3;;;;. The molecule has 44 valence electrons. The maximum atomic E-state index is 5.26. The first-order valence-corrected chi connectivity index (χ1v) is 2.59. The van der Waals surface area contributed by atoms with Crippen LogP contribution in [0.5, 0.6) is 0 Å². The molecule has 1 nitrogen and oxygen atoms in total. The fourth-order valence-corrected chi connectivity index (χ4v) is 0.308. The average Bonchev–Trinajstić information content (AvgIpc) is 1.61. The fourth-order valence-electron chi connectivity index (χ4n) is 0.199. The Bertz CT molecular complexity index is 23.7. The van der Waals surface area contributed by atoms with Crippen LogP contribution in [-0.2, 0) is 4.74 Å². The SMILES string of the molecule is CCOCCCl.[InH3]. The number of ether oxygens (including phenoxy) is 1. The molecule has 0 aromatic carbocycles. The van der Waals surface area contributed by atoms with E-state index in [4.69, 9.17) is 16.3 Å². The van der Waals surface area contributed by atoms with Gasteiger partial charge in [-0.05, 0) is 6.92 Å². The second-order valence-electron chi connectivity index (χ2n) is 0.886. The van der Waals surface area contributed by atoms with Crippen LogP contribution in [-0.4, -0.2) is 44.9 Å². The van der Waals surface area contributed by atoms with Gasteiger partial charge in [0, 0.05) is 12.5 Å². The molecule has 0 unspecified atom stereocenters. The summed E-state index contributed by atoms with van der Waals surface area (Å²) in [5.74, 6) is 0.605. The third kappa shape index (κ3) is 11.0. The second kappa shape index (κ2) is 10.2. The van der Waals surface area contributed by atoms with E-state index in [1.165, 1.54) is 0 Å². The molecule has 0 aliphatic rings. The van der Waals surface area contributed by atoms with E-state index in [0.29, 0.717) is 12.5 Å². The van der Waals surface area contributed by atoms with Crippen molar-refractivity contribution in [2.45, 2.75) is 6.92 Å². The van der Waals surface area contributed by atoms with Crippen LogP contribution in [0, 0.1) is 0 Å². The molecule has 0 saturated heterocycles. The molecule has 0 N–H and O–H groups in total. The minimum absolute atomic E-state index is 0. The van der Waals surface area contributed by atoms with Crippen LogP contribution in [0.3, 0.4) is 0 Å². The molecule has 0 radical (unpaired) electrons. The van der Waals surface area contributed by atoms with E-state index in [1.54, 1.807) is 0 Å². The molecule has 0 amide bonds. The zero-order chi connectivity index (χ0) is 4.83. The molecule has 0 bridgehead atoms. The number of halogens is 1. The van der Waals surface area contributed by atoms with E-state index in [2.05, 4.69) is 0 Å². The van der Waals surface area contributed by atoms with Crippen LogP contribution in [0.1, 0.15) is 6.92 Å². The van der Waals surface area contributed by atoms with Gasteiger partial charge >= 0.3 is 25.8 Å². The molecule has 0 atom stereocenters. The van der Waals surface area contributed by atoms with Gasteiger partial charge in [-0.25, -0.2) is 0 Å². The van der Waals surface area contributed by atoms with Crippen molar-refractivity contribution in [1.82, 2.24) is 0 Å². The van der Waals surface area contributed by atoms with E-state index in [9.17, 15) is 0 Å². The number of hydrogen-bond donors (Lipinski definition) is 0. The Kier molecular flexibility index (Phi) is 16.0. The minimum atomic E-state index is 0. The van der Waals surface area contributed by atoms with Crippen molar-refractivity contribution in [2.24, 2.45) is 0 Å². The van der Waals surface area contributed by atoms with Gasteiger partial charge in [-0.2, -0.15) is 0 Å². The van der Waals surface area contributed by atoms with Crippen molar-refractivity contribution in [3.8, 4) is 0 Å². The molecule has 0 rings (SSSR count). The molecule has 0 aromatic rings. The first-order chi connectivity index (χ1) is 2.91. The zero-order valence-electron chi connectivity index (χ0n) is 3.91. The third-order valence-corrected chi connectivity index (χ3v) is 0.580. The monoisotopic (exact) mass is 226 g/mol. The van der Waals surface area contributed by atoms with E-state index >= 15 is 0 Å². The Labute approximate surface area is 68.2 Å². The van der Waals surface area contributed by atoms with Crippen molar-refractivity contribution in [3.05, 3.63) is 0 Å². The van der Waals surface area contributed by atoms with Crippen molar-refractivity contribution in [3.63, 3.8) is 0 Å². The van der Waals surface area contributed by atoms with Gasteiger partial charge in [0.15, 0.2) is 0 Å². The summed E-state index contributed by atoms with van der Waals surface area (Å²) in [5, 5.41) is 0. The topological polar surface area (TPSA) is 9.23 Å². The molecule has 0 aromatic heterocycles. The van der Waals surface area contributed by atoms with Crippen molar-refractivity contribution in [1.29, 1.82) is 0 Å². The average molecular weight is 226 g/mol. The molecule has 0 aliphatic carbocycles. The summed E-state index contributed by atoms with van der Waals surface area (Å²) in [6, 6.07) is 0. The maximum absolute atomic E-state index is 5.26. The molecule has 7 heavy (non-hydrogen) atoms. The Morgan fingerprint density at radius 1 is 1.57 bits per heavy atom. The molecule has 0 aliphatic heterocycles. The summed E-state index contributed by atoms with van der Waals surface area (Å²) < 4.78 is 4.85. The Morgan fingerprint density at radius 2 is 2.14 bits per heavy atom. The van der Waals surface area contributed by atoms with Crippen LogP contribution >= 0.6 is 11.6 Å². The first kappa shape index (κ1) is 11.0. The van der Waals surface area contributed by atoms with Crippen LogP contribution in [0.2, 0.25) is 0 Å². The molecule has 0 heterocycles. The second-order valence-corrected chi connectivity index (χ2v) is 1.26. The summed E-state index contributed by atoms with van der Waals surface area (Å²) >= 11 is 5.26. The molecule has 3 heteroatoms. The molecule has 0 fully saturated rings. The normalized spacial score (nSPS) is 7.71. The molecular weight excluding hydrogens is 214 g/mol. The summed E-state index contributed by atoms with van der Waals surface area (Å²) in [4.78, 5) is 0. The predicted octanol–water partition coefficient (Wildman–Crippen LogP) is 0.0778. The van der Waals surface area contributed by atoms with Crippen molar-refractivity contribution in [2.75, 3.05) is 19.1 Å². The van der Waals surface area contributed by atoms with Gasteiger partial charge in [0.2, 0.25) is 0 Å². The first-order valence-electron chi connectivity index (χ1n) is 2.05. The summed E-state index contributed by atoms with van der Waals surface area (Å²) in [5.41, 5.74) is 0. The molecule has 0 saturated carbocycles. The van der Waals surface area contributed by atoms with E-state index in [-0.39, 0.29) is 25.8 Å². The van der Waals surface area contributed by atoms with Crippen LogP contribution in [0.25, 0.3) is 0 Å². The summed E-state index contributed by atoms with van der Waals surface area (Å²) in [6.45, 7) is 3.40. The number of alkyl halides is 1. The summed E-state index contributed by atoms with van der Waals surface area (Å²) in [6.07, 6.45) is 0. The van der Waals surface area contributed by atoms with E-state index in [0.717, 1.165) is 6.61 Å². The zero-order valence-corrected chi connectivity index (χ0v) is 4.66. The van der Waals surface area contributed by atoms with Crippen LogP contribution in [0.15, 0.2) is 0 Å². The predicted molar refractivity (Wildman–Crippen MR) is 37.2 cm³/mol. The Balaban J connectivity index is 0. The van der Waals surface area contributed by atoms with Gasteiger partial charge in [0.05, 0.1) is 6.61 Å². The van der Waals surface area contributed by atoms with Gasteiger partial charge in [-0.15, -0.1) is 11.6 Å². The number of hydrogen-bond acceptors (Lipinski definition) is 1. The van der Waals surface area contributed by atoms with Gasteiger partial charge < -0.3 is 4.74 Å². The van der Waals surface area contributed by atoms with E-state index < -0.39 is 0 Å². The fraction of sp³-hybridized carbons (Fsp3) is 1.00. The van der Waals surface area contributed by atoms with Crippen LogP contribution in [0.4, 0.5) is 0 Å². The van der Waals surface area contributed by atoms with Gasteiger partial charge in [0.1, 0.15) is 0 Å². The Morgan fingerprint density at radius 3 is 2.29 bits per heavy atom.